The van der Waals surface area contributed by atoms with Crippen molar-refractivity contribution in [3.8, 4) is 5.69 Å². The molecule has 0 aliphatic heterocycles. The van der Waals surface area contributed by atoms with Crippen LogP contribution < -0.4 is 5.73 Å². The Morgan fingerprint density at radius 3 is 2.57 bits per heavy atom. The topological polar surface area (TPSA) is 116 Å². The average Bonchev–Trinajstić information content (AvgIpc) is 3.00. The van der Waals surface area contributed by atoms with Gasteiger partial charge in [0.15, 0.2) is 5.65 Å². The van der Waals surface area contributed by atoms with E-state index in [1.165, 1.54) is 24.3 Å². The van der Waals surface area contributed by atoms with E-state index in [4.69, 9.17) is 5.73 Å². The first-order valence-electron chi connectivity index (χ1n) is 5.74. The molecule has 0 amide bonds. The lowest BCUT2D eigenvalue weighted by Gasteiger charge is -2.01. The summed E-state index contributed by atoms with van der Waals surface area (Å²) in [5.41, 5.74) is 5.47. The molecule has 0 unspecified atom stereocenters. The number of nitro benzene ring substituents is 1. The molecule has 108 valence electrons. The van der Waals surface area contributed by atoms with E-state index < -0.39 is 17.0 Å². The number of rotatable bonds is 3. The molecule has 0 saturated carbocycles. The minimum atomic E-state index is -2.81. The van der Waals surface area contributed by atoms with Gasteiger partial charge in [-0.2, -0.15) is 10.2 Å². The first-order valence-corrected chi connectivity index (χ1v) is 5.74. The fourth-order valence-corrected chi connectivity index (χ4v) is 2.00. The van der Waals surface area contributed by atoms with E-state index in [2.05, 4.69) is 15.3 Å². The predicted molar refractivity (Wildman–Crippen MR) is 69.2 cm³/mol. The molecule has 0 fully saturated rings. The molecule has 21 heavy (non-hydrogen) atoms. The normalized spacial score (nSPS) is 11.4. The number of anilines is 1. The van der Waals surface area contributed by atoms with Crippen LogP contribution in [0.5, 0.6) is 0 Å². The van der Waals surface area contributed by atoms with Gasteiger partial charge in [-0.15, -0.1) is 0 Å². The molecule has 3 aromatic rings. The van der Waals surface area contributed by atoms with Gasteiger partial charge in [-0.3, -0.25) is 15.2 Å². The van der Waals surface area contributed by atoms with Gasteiger partial charge in [0.1, 0.15) is 11.5 Å². The number of aromatic nitrogens is 4. The quantitative estimate of drug-likeness (QED) is 0.567. The predicted octanol–water partition coefficient (Wildman–Crippen LogP) is 2.18. The number of benzene rings is 1. The Labute approximate surface area is 115 Å². The molecule has 3 rings (SSSR count). The summed E-state index contributed by atoms with van der Waals surface area (Å²) in [4.78, 5) is 10.1. The molecule has 0 bridgehead atoms. The van der Waals surface area contributed by atoms with Crippen molar-refractivity contribution in [3.63, 3.8) is 0 Å². The fraction of sp³-hybridized carbons (Fsp3) is 0.0909. The molecule has 0 saturated heterocycles. The molecule has 0 aliphatic rings. The number of alkyl halides is 2. The number of aromatic amines is 1. The number of hydrogen-bond acceptors (Lipinski definition) is 5. The zero-order chi connectivity index (χ0) is 15.1. The van der Waals surface area contributed by atoms with Crippen molar-refractivity contribution < 1.29 is 13.7 Å². The Morgan fingerprint density at radius 1 is 1.33 bits per heavy atom. The van der Waals surface area contributed by atoms with Crippen molar-refractivity contribution in [2.75, 3.05) is 5.73 Å². The number of nitro groups is 1. The number of nitrogen functional groups attached to an aromatic ring is 1. The Hall–Kier alpha value is -3.04. The van der Waals surface area contributed by atoms with Crippen molar-refractivity contribution in [1.82, 2.24) is 20.0 Å². The van der Waals surface area contributed by atoms with Gasteiger partial charge >= 0.3 is 0 Å². The first kappa shape index (κ1) is 13.0. The maximum absolute atomic E-state index is 13.0. The smallest absolute Gasteiger partial charge is 0.282 e. The van der Waals surface area contributed by atoms with Crippen LogP contribution in [0.1, 0.15) is 12.1 Å². The molecule has 1 aromatic carbocycles. The van der Waals surface area contributed by atoms with Crippen LogP contribution in [-0.2, 0) is 0 Å². The molecule has 0 aliphatic carbocycles. The van der Waals surface area contributed by atoms with Crippen molar-refractivity contribution in [2.24, 2.45) is 0 Å². The lowest BCUT2D eigenvalue weighted by atomic mass is 10.3. The van der Waals surface area contributed by atoms with Crippen LogP contribution in [-0.4, -0.2) is 24.9 Å². The van der Waals surface area contributed by atoms with Gasteiger partial charge in [-0.1, -0.05) is 0 Å². The van der Waals surface area contributed by atoms with E-state index >= 15 is 0 Å². The van der Waals surface area contributed by atoms with E-state index in [0.29, 0.717) is 5.69 Å². The van der Waals surface area contributed by atoms with Gasteiger partial charge in [0, 0.05) is 12.1 Å². The lowest BCUT2D eigenvalue weighted by Crippen LogP contribution is -1.99. The lowest BCUT2D eigenvalue weighted by molar-refractivity contribution is -0.384. The summed E-state index contributed by atoms with van der Waals surface area (Å²) in [6, 6.07) is 5.29. The van der Waals surface area contributed by atoms with E-state index in [1.54, 1.807) is 0 Å². The van der Waals surface area contributed by atoms with E-state index in [9.17, 15) is 18.9 Å². The van der Waals surface area contributed by atoms with Crippen LogP contribution >= 0.6 is 0 Å². The van der Waals surface area contributed by atoms with Gasteiger partial charge in [0.25, 0.3) is 12.1 Å². The number of H-pyrrole nitrogens is 1. The highest BCUT2D eigenvalue weighted by Gasteiger charge is 2.23. The van der Waals surface area contributed by atoms with Gasteiger partial charge in [-0.05, 0) is 12.1 Å². The minimum Gasteiger partial charge on any atom is -0.383 e. The molecule has 10 heteroatoms. The van der Waals surface area contributed by atoms with Crippen LogP contribution in [0.25, 0.3) is 16.7 Å². The third kappa shape index (κ3) is 1.96. The van der Waals surface area contributed by atoms with E-state index in [-0.39, 0.29) is 22.5 Å². The molecule has 0 atom stereocenters. The maximum Gasteiger partial charge on any atom is 0.282 e. The molecule has 2 heterocycles. The number of halogens is 2. The van der Waals surface area contributed by atoms with Crippen molar-refractivity contribution in [3.05, 3.63) is 40.1 Å². The molecule has 2 aromatic heterocycles. The minimum absolute atomic E-state index is 0.00605. The Kier molecular flexibility index (Phi) is 2.78. The van der Waals surface area contributed by atoms with Crippen LogP contribution in [0.3, 0.4) is 0 Å². The molecular formula is C11H8F2N6O2. The third-order valence-electron chi connectivity index (χ3n) is 2.95. The monoisotopic (exact) mass is 294 g/mol. The molecular weight excluding hydrogens is 286 g/mol. The summed E-state index contributed by atoms with van der Waals surface area (Å²) in [6.07, 6.45) is -2.81. The van der Waals surface area contributed by atoms with Gasteiger partial charge in [-0.25, -0.2) is 13.5 Å². The summed E-state index contributed by atoms with van der Waals surface area (Å²) in [5.74, 6) is -0.00605. The first-order chi connectivity index (χ1) is 9.99. The number of non-ortho nitro benzene ring substituents is 1. The Morgan fingerprint density at radius 2 is 2.00 bits per heavy atom. The van der Waals surface area contributed by atoms with Crippen LogP contribution in [0.4, 0.5) is 20.3 Å². The number of nitrogens with zero attached hydrogens (tertiary/aromatic N) is 4. The number of nitrogens with two attached hydrogens (primary N) is 1. The second kappa shape index (κ2) is 4.51. The van der Waals surface area contributed by atoms with Gasteiger partial charge in [0.05, 0.1) is 16.0 Å². The number of nitrogens with one attached hydrogen (secondary N) is 1. The van der Waals surface area contributed by atoms with Gasteiger partial charge in [0.2, 0.25) is 0 Å². The third-order valence-corrected chi connectivity index (χ3v) is 2.95. The second-order valence-corrected chi connectivity index (χ2v) is 4.21. The van der Waals surface area contributed by atoms with Crippen molar-refractivity contribution >= 4 is 22.5 Å². The maximum atomic E-state index is 13.0. The zero-order valence-corrected chi connectivity index (χ0v) is 10.3. The van der Waals surface area contributed by atoms with Crippen molar-refractivity contribution in [2.45, 2.75) is 6.43 Å². The summed E-state index contributed by atoms with van der Waals surface area (Å²) in [6.45, 7) is 0. The highest BCUT2D eigenvalue weighted by Crippen LogP contribution is 2.31. The highest BCUT2D eigenvalue weighted by molar-refractivity contribution is 5.90. The average molecular weight is 294 g/mol. The number of fused-ring (bicyclic) bond motifs is 1. The summed E-state index contributed by atoms with van der Waals surface area (Å²) >= 11 is 0. The van der Waals surface area contributed by atoms with Crippen LogP contribution in [0, 0.1) is 10.1 Å². The molecule has 8 nitrogen and oxygen atoms in total. The van der Waals surface area contributed by atoms with Crippen LogP contribution in [0.15, 0.2) is 24.3 Å². The van der Waals surface area contributed by atoms with Crippen molar-refractivity contribution in [1.29, 1.82) is 0 Å². The Balaban J connectivity index is 2.18. The summed E-state index contributed by atoms with van der Waals surface area (Å²) < 4.78 is 27.1. The summed E-state index contributed by atoms with van der Waals surface area (Å²) in [5, 5.41) is 20.7. The van der Waals surface area contributed by atoms with Crippen LogP contribution in [0.2, 0.25) is 0 Å². The molecule has 0 spiro atoms. The Bertz CT molecular complexity index is 823. The summed E-state index contributed by atoms with van der Waals surface area (Å²) in [7, 11) is 0. The SMILES string of the molecule is Nc1[nH]nc2c1c(C(F)F)nn2-c1ccc([N+](=O)[O-])cc1. The standard InChI is InChI=1S/C11H8F2N6O2/c12-9(13)8-7-10(14)15-16-11(7)18(17-8)5-1-3-6(4-2-5)19(20)21/h1-4,9H,(H3,14,15,16). The highest BCUT2D eigenvalue weighted by atomic mass is 19.3. The van der Waals surface area contributed by atoms with E-state index in [0.717, 1.165) is 4.68 Å². The zero-order valence-electron chi connectivity index (χ0n) is 10.3. The fourth-order valence-electron chi connectivity index (χ4n) is 2.00. The second-order valence-electron chi connectivity index (χ2n) is 4.21. The number of hydrogen-bond donors (Lipinski definition) is 2. The molecule has 0 radical (unpaired) electrons. The largest absolute Gasteiger partial charge is 0.383 e. The van der Waals surface area contributed by atoms with E-state index in [1.807, 2.05) is 0 Å². The van der Waals surface area contributed by atoms with Gasteiger partial charge < -0.3 is 5.73 Å². The molecule has 3 N–H and O–H groups in total.